The lowest BCUT2D eigenvalue weighted by Crippen LogP contribution is -2.28. The van der Waals surface area contributed by atoms with Crippen molar-refractivity contribution >= 4 is 36.0 Å². The zero-order valence-electron chi connectivity index (χ0n) is 25.0. The van der Waals surface area contributed by atoms with E-state index in [2.05, 4.69) is 70.1 Å². The second-order valence-corrected chi connectivity index (χ2v) is 9.50. The maximum Gasteiger partial charge on any atom is 0.204 e. The molecule has 1 aromatic heterocycles. The Bertz CT molecular complexity index is 1390. The van der Waals surface area contributed by atoms with Gasteiger partial charge in [0.15, 0.2) is 0 Å². The Morgan fingerprint density at radius 2 is 1.83 bits per heavy atom. The lowest BCUT2D eigenvalue weighted by atomic mass is 9.95. The quantitative estimate of drug-likeness (QED) is 0.144. The molecule has 1 amide bonds. The first-order valence-corrected chi connectivity index (χ1v) is 13.9. The topological polar surface area (TPSA) is 171 Å². The SMILES string of the molecule is C=O.CCOC1=C(C)C=C(CCc2cc(C=NC3CC3)c(N)c(OC)c2)NC1c1ccc2[nH]ccc2c1.CN.NC=O. The summed E-state index contributed by atoms with van der Waals surface area (Å²) in [6.07, 6.45) is 10.4. The number of hydrogen-bond donors (Lipinski definition) is 5. The number of aryl methyl sites for hydroxylation is 1. The van der Waals surface area contributed by atoms with Crippen molar-refractivity contribution in [2.75, 3.05) is 26.5 Å². The molecule has 1 atom stereocenters. The van der Waals surface area contributed by atoms with Gasteiger partial charge in [0.2, 0.25) is 6.41 Å². The van der Waals surface area contributed by atoms with Gasteiger partial charge in [-0.2, -0.15) is 0 Å². The number of aromatic amines is 1. The summed E-state index contributed by atoms with van der Waals surface area (Å²) in [4.78, 5) is 24.5. The predicted molar refractivity (Wildman–Crippen MR) is 170 cm³/mol. The minimum absolute atomic E-state index is 0.0172. The van der Waals surface area contributed by atoms with Crippen LogP contribution < -0.4 is 27.3 Å². The first-order valence-electron chi connectivity index (χ1n) is 13.9. The number of nitrogens with zero attached hydrogens (tertiary/aromatic N) is 1. The molecular formula is C32H44N6O4. The standard InChI is InChI=1S/C29H34N4O2.CH3NO.CH5N.CH2O/c1-4-35-29-18(2)13-24(33-28(29)21-6-10-25-20(16-21)11-12-31-25)7-5-19-14-22(17-32-23-8-9-23)27(30)26(15-19)34-3;2-1-3;2*1-2/h6,10-17,23,28,31,33H,4-5,7-9,30H2,1-3H3;1H,(H2,2,3);2H2,1H3;1H2. The number of allylic oxidation sites excluding steroid dienone is 3. The molecule has 10 nitrogen and oxygen atoms in total. The monoisotopic (exact) mass is 576 g/mol. The fourth-order valence-corrected chi connectivity index (χ4v) is 4.65. The molecule has 226 valence electrons. The highest BCUT2D eigenvalue weighted by molar-refractivity contribution is 5.89. The van der Waals surface area contributed by atoms with Crippen molar-refractivity contribution in [1.82, 2.24) is 10.3 Å². The number of aromatic nitrogens is 1. The Morgan fingerprint density at radius 1 is 1.12 bits per heavy atom. The molecule has 1 aliphatic carbocycles. The van der Waals surface area contributed by atoms with Gasteiger partial charge in [-0.15, -0.1) is 0 Å². The molecule has 3 aromatic rings. The summed E-state index contributed by atoms with van der Waals surface area (Å²) in [5, 5.41) is 4.95. The predicted octanol–water partition coefficient (Wildman–Crippen LogP) is 4.30. The Kier molecular flexibility index (Phi) is 13.8. The van der Waals surface area contributed by atoms with Crippen LogP contribution in [-0.2, 0) is 20.7 Å². The Labute approximate surface area is 248 Å². The average molecular weight is 577 g/mol. The van der Waals surface area contributed by atoms with Gasteiger partial charge in [-0.1, -0.05) is 6.07 Å². The van der Waals surface area contributed by atoms with Gasteiger partial charge in [0.05, 0.1) is 25.4 Å². The summed E-state index contributed by atoms with van der Waals surface area (Å²) < 4.78 is 11.7. The number of hydrogen-bond acceptors (Lipinski definition) is 8. The number of benzene rings is 2. The van der Waals surface area contributed by atoms with Gasteiger partial charge in [0.25, 0.3) is 0 Å². The van der Waals surface area contributed by atoms with Crippen LogP contribution in [0, 0.1) is 0 Å². The fraction of sp³-hybridized carbons (Fsp3) is 0.344. The first kappa shape index (κ1) is 33.6. The lowest BCUT2D eigenvalue weighted by Gasteiger charge is -2.30. The minimum atomic E-state index is -0.0172. The van der Waals surface area contributed by atoms with Crippen LogP contribution in [-0.4, -0.2) is 51.2 Å². The molecule has 1 unspecified atom stereocenters. The number of rotatable bonds is 9. The Balaban J connectivity index is 0.000000813. The molecule has 5 rings (SSSR count). The van der Waals surface area contributed by atoms with E-state index in [-0.39, 0.29) is 12.5 Å². The van der Waals surface area contributed by atoms with Crippen molar-refractivity contribution in [1.29, 1.82) is 0 Å². The van der Waals surface area contributed by atoms with Crippen molar-refractivity contribution in [2.24, 2.45) is 16.5 Å². The van der Waals surface area contributed by atoms with E-state index in [1.165, 1.54) is 42.1 Å². The maximum atomic E-state index is 8.58. The van der Waals surface area contributed by atoms with E-state index < -0.39 is 0 Å². The number of primary amides is 1. The highest BCUT2D eigenvalue weighted by atomic mass is 16.5. The van der Waals surface area contributed by atoms with E-state index in [1.54, 1.807) is 7.11 Å². The Morgan fingerprint density at radius 3 is 2.48 bits per heavy atom. The summed E-state index contributed by atoms with van der Waals surface area (Å²) in [6, 6.07) is 13.3. The van der Waals surface area contributed by atoms with E-state index in [9.17, 15) is 0 Å². The number of amides is 1. The molecule has 10 heteroatoms. The number of nitrogens with one attached hydrogen (secondary N) is 2. The summed E-state index contributed by atoms with van der Waals surface area (Å²) in [5.74, 6) is 1.69. The number of fused-ring (bicyclic) bond motifs is 1. The molecule has 42 heavy (non-hydrogen) atoms. The van der Waals surface area contributed by atoms with Crippen molar-refractivity contribution in [3.05, 3.63) is 82.4 Å². The summed E-state index contributed by atoms with van der Waals surface area (Å²) >= 11 is 0. The van der Waals surface area contributed by atoms with Gasteiger partial charge < -0.3 is 41.8 Å². The van der Waals surface area contributed by atoms with Crippen LogP contribution in [0.2, 0.25) is 0 Å². The van der Waals surface area contributed by atoms with Crippen LogP contribution in [0.15, 0.2) is 70.7 Å². The number of anilines is 1. The third-order valence-electron chi connectivity index (χ3n) is 6.69. The Hall–Kier alpha value is -4.57. The molecule has 0 saturated heterocycles. The zero-order valence-corrected chi connectivity index (χ0v) is 25.0. The summed E-state index contributed by atoms with van der Waals surface area (Å²) in [6.45, 7) is 6.80. The highest BCUT2D eigenvalue weighted by Gasteiger charge is 2.25. The van der Waals surface area contributed by atoms with E-state index in [0.717, 1.165) is 35.3 Å². The second-order valence-electron chi connectivity index (χ2n) is 9.50. The summed E-state index contributed by atoms with van der Waals surface area (Å²) in [5.41, 5.74) is 22.4. The third-order valence-corrected chi connectivity index (χ3v) is 6.69. The molecule has 2 heterocycles. The molecule has 2 aliphatic rings. The van der Waals surface area contributed by atoms with Crippen LogP contribution in [0.1, 0.15) is 55.8 Å². The van der Waals surface area contributed by atoms with E-state index >= 15 is 0 Å². The number of nitrogens with two attached hydrogens (primary N) is 3. The van der Waals surface area contributed by atoms with Gasteiger partial charge in [-0.05, 0) is 105 Å². The maximum absolute atomic E-state index is 8.58. The van der Waals surface area contributed by atoms with Gasteiger partial charge in [-0.3, -0.25) is 9.79 Å². The second kappa shape index (κ2) is 17.3. The fourth-order valence-electron chi connectivity index (χ4n) is 4.65. The van der Waals surface area contributed by atoms with Gasteiger partial charge in [0, 0.05) is 29.2 Å². The first-order chi connectivity index (χ1) is 20.5. The number of methoxy groups -OCH3 is 1. The third kappa shape index (κ3) is 8.97. The van der Waals surface area contributed by atoms with Crippen LogP contribution in [0.4, 0.5) is 5.69 Å². The molecule has 0 bridgehead atoms. The van der Waals surface area contributed by atoms with E-state index in [4.69, 9.17) is 24.8 Å². The molecule has 1 fully saturated rings. The number of aliphatic imine (C=N–C) groups is 1. The zero-order chi connectivity index (χ0) is 31.1. The molecule has 1 aliphatic heterocycles. The van der Waals surface area contributed by atoms with Crippen LogP contribution in [0.25, 0.3) is 10.9 Å². The van der Waals surface area contributed by atoms with Crippen LogP contribution >= 0.6 is 0 Å². The average Bonchev–Trinajstić information content (AvgIpc) is 3.73. The van der Waals surface area contributed by atoms with Crippen molar-refractivity contribution in [3.63, 3.8) is 0 Å². The molecule has 1 saturated carbocycles. The molecule has 0 spiro atoms. The smallest absolute Gasteiger partial charge is 0.204 e. The van der Waals surface area contributed by atoms with Gasteiger partial charge in [-0.25, -0.2) is 0 Å². The number of carbonyl (C=O) groups is 2. The number of ether oxygens (including phenoxy) is 2. The van der Waals surface area contributed by atoms with E-state index in [1.807, 2.05) is 32.2 Å². The summed E-state index contributed by atoms with van der Waals surface area (Å²) in [7, 11) is 3.16. The highest BCUT2D eigenvalue weighted by Crippen LogP contribution is 2.34. The molecule has 8 N–H and O–H groups in total. The number of carbonyl (C=O) groups excluding carboxylic acids is 2. The number of dihydropyridines is 1. The van der Waals surface area contributed by atoms with Crippen LogP contribution in [0.5, 0.6) is 5.75 Å². The lowest BCUT2D eigenvalue weighted by molar-refractivity contribution is -0.107. The van der Waals surface area contributed by atoms with Gasteiger partial charge in [0.1, 0.15) is 24.3 Å². The van der Waals surface area contributed by atoms with E-state index in [0.29, 0.717) is 24.1 Å². The van der Waals surface area contributed by atoms with Gasteiger partial charge >= 0.3 is 0 Å². The molecular weight excluding hydrogens is 532 g/mol. The molecule has 2 aromatic carbocycles. The van der Waals surface area contributed by atoms with Crippen molar-refractivity contribution in [2.45, 2.75) is 51.6 Å². The number of H-pyrrole nitrogens is 1. The van der Waals surface area contributed by atoms with Crippen molar-refractivity contribution < 1.29 is 19.1 Å². The largest absolute Gasteiger partial charge is 0.495 e. The molecule has 0 radical (unpaired) electrons. The minimum Gasteiger partial charge on any atom is -0.495 e. The van der Waals surface area contributed by atoms with Crippen molar-refractivity contribution in [3.8, 4) is 5.75 Å². The van der Waals surface area contributed by atoms with Crippen LogP contribution in [0.3, 0.4) is 0 Å². The number of nitrogen functional groups attached to an aromatic ring is 1. The normalized spacial score (nSPS) is 15.6.